The summed E-state index contributed by atoms with van der Waals surface area (Å²) in [6, 6.07) is 5.27. The van der Waals surface area contributed by atoms with Crippen molar-refractivity contribution in [1.29, 1.82) is 0 Å². The van der Waals surface area contributed by atoms with Crippen LogP contribution in [0.2, 0.25) is 0 Å². The van der Waals surface area contributed by atoms with Crippen LogP contribution in [0.3, 0.4) is 0 Å². The Hall–Kier alpha value is -1.24. The zero-order valence-electron chi connectivity index (χ0n) is 12.5. The Balaban J connectivity index is 1.89. The number of rotatable bonds is 5. The van der Waals surface area contributed by atoms with E-state index in [4.69, 9.17) is 22.7 Å². The molecule has 1 atom stereocenters. The molecule has 0 saturated carbocycles. The van der Waals surface area contributed by atoms with Crippen LogP contribution in [0, 0.1) is 5.82 Å². The second kappa shape index (κ2) is 7.15. The van der Waals surface area contributed by atoms with Crippen LogP contribution in [0.1, 0.15) is 12.5 Å². The molecule has 116 valence electrons. The molecule has 1 fully saturated rings. The quantitative estimate of drug-likeness (QED) is 0.837. The van der Waals surface area contributed by atoms with Crippen molar-refractivity contribution in [1.82, 2.24) is 9.80 Å². The Kier molecular flexibility index (Phi) is 5.50. The van der Waals surface area contributed by atoms with Gasteiger partial charge >= 0.3 is 0 Å². The van der Waals surface area contributed by atoms with E-state index in [0.717, 1.165) is 38.3 Å². The first-order chi connectivity index (χ1) is 10.0. The van der Waals surface area contributed by atoms with Crippen molar-refractivity contribution in [2.24, 2.45) is 5.73 Å². The third-order valence-corrected chi connectivity index (χ3v) is 4.33. The van der Waals surface area contributed by atoms with E-state index in [9.17, 15) is 4.39 Å². The number of thiocarbonyl (C=S) groups is 1. The van der Waals surface area contributed by atoms with Crippen LogP contribution in [0.25, 0.3) is 0 Å². The van der Waals surface area contributed by atoms with Crippen molar-refractivity contribution in [2.75, 3.05) is 33.3 Å². The molecule has 0 aromatic heterocycles. The van der Waals surface area contributed by atoms with Gasteiger partial charge in [-0.25, -0.2) is 4.39 Å². The number of hydrogen-bond acceptors (Lipinski definition) is 4. The van der Waals surface area contributed by atoms with Gasteiger partial charge in [0.1, 0.15) is 0 Å². The average Bonchev–Trinajstić information content (AvgIpc) is 2.47. The summed E-state index contributed by atoms with van der Waals surface area (Å²) in [7, 11) is 1.47. The Morgan fingerprint density at radius 2 is 2.05 bits per heavy atom. The lowest BCUT2D eigenvalue weighted by Gasteiger charge is -2.37. The van der Waals surface area contributed by atoms with Crippen molar-refractivity contribution in [3.05, 3.63) is 29.6 Å². The van der Waals surface area contributed by atoms with E-state index in [1.54, 1.807) is 12.1 Å². The van der Waals surface area contributed by atoms with Gasteiger partial charge in [-0.3, -0.25) is 9.80 Å². The summed E-state index contributed by atoms with van der Waals surface area (Å²) in [6.45, 7) is 6.50. The summed E-state index contributed by atoms with van der Waals surface area (Å²) in [5.74, 6) is -0.0235. The highest BCUT2D eigenvalue weighted by Crippen LogP contribution is 2.19. The molecule has 1 aromatic carbocycles. The number of hydrogen-bond donors (Lipinski definition) is 1. The van der Waals surface area contributed by atoms with Crippen LogP contribution in [0.4, 0.5) is 4.39 Å². The van der Waals surface area contributed by atoms with Gasteiger partial charge in [-0.2, -0.15) is 0 Å². The maximum Gasteiger partial charge on any atom is 0.165 e. The molecule has 1 unspecified atom stereocenters. The van der Waals surface area contributed by atoms with E-state index in [2.05, 4.69) is 9.80 Å². The molecular formula is C15H22FN3OS. The molecule has 1 heterocycles. The fourth-order valence-electron chi connectivity index (χ4n) is 2.56. The van der Waals surface area contributed by atoms with Crippen molar-refractivity contribution >= 4 is 17.2 Å². The zero-order valence-corrected chi connectivity index (χ0v) is 13.3. The van der Waals surface area contributed by atoms with Gasteiger partial charge in [0.25, 0.3) is 0 Å². The Labute approximate surface area is 130 Å². The lowest BCUT2D eigenvalue weighted by Crippen LogP contribution is -2.52. The predicted molar refractivity (Wildman–Crippen MR) is 86.0 cm³/mol. The molecule has 0 radical (unpaired) electrons. The number of halogens is 1. The van der Waals surface area contributed by atoms with Gasteiger partial charge in [-0.05, 0) is 24.6 Å². The monoisotopic (exact) mass is 311 g/mol. The standard InChI is InChI=1S/C15H22FN3OS/c1-11(15(17)21)19-7-5-18(6-8-19)10-12-3-4-14(20-2)13(16)9-12/h3-4,9,11H,5-8,10H2,1-2H3,(H2,17,21). The molecular weight excluding hydrogens is 289 g/mol. The molecule has 2 N–H and O–H groups in total. The number of nitrogens with zero attached hydrogens (tertiary/aromatic N) is 2. The minimum atomic E-state index is -0.310. The van der Waals surface area contributed by atoms with Crippen molar-refractivity contribution < 1.29 is 9.13 Å². The van der Waals surface area contributed by atoms with Crippen molar-refractivity contribution in [3.63, 3.8) is 0 Å². The van der Waals surface area contributed by atoms with E-state index in [0.29, 0.717) is 4.99 Å². The molecule has 0 spiro atoms. The molecule has 1 aliphatic rings. The van der Waals surface area contributed by atoms with Crippen LogP contribution in [0.15, 0.2) is 18.2 Å². The van der Waals surface area contributed by atoms with Gasteiger partial charge in [-0.1, -0.05) is 18.3 Å². The molecule has 4 nitrogen and oxygen atoms in total. The third kappa shape index (κ3) is 4.12. The summed E-state index contributed by atoms with van der Waals surface area (Å²) in [6.07, 6.45) is 0. The molecule has 6 heteroatoms. The van der Waals surface area contributed by atoms with Gasteiger partial charge in [-0.15, -0.1) is 0 Å². The third-order valence-electron chi connectivity index (χ3n) is 3.99. The SMILES string of the molecule is COc1ccc(CN2CCN(C(C)C(N)=S)CC2)cc1F. The van der Waals surface area contributed by atoms with E-state index in [1.165, 1.54) is 7.11 Å². The highest BCUT2D eigenvalue weighted by Gasteiger charge is 2.22. The number of nitrogens with two attached hydrogens (primary N) is 1. The summed E-state index contributed by atoms with van der Waals surface area (Å²) in [5, 5.41) is 0. The summed E-state index contributed by atoms with van der Waals surface area (Å²) in [5.41, 5.74) is 6.65. The van der Waals surface area contributed by atoms with E-state index < -0.39 is 0 Å². The predicted octanol–water partition coefficient (Wildman–Crippen LogP) is 1.63. The first-order valence-electron chi connectivity index (χ1n) is 7.09. The molecule has 1 saturated heterocycles. The lowest BCUT2D eigenvalue weighted by molar-refractivity contribution is 0.118. The second-order valence-corrected chi connectivity index (χ2v) is 5.83. The van der Waals surface area contributed by atoms with E-state index in [1.807, 2.05) is 13.0 Å². The minimum absolute atomic E-state index is 0.139. The largest absolute Gasteiger partial charge is 0.494 e. The molecule has 1 aliphatic heterocycles. The van der Waals surface area contributed by atoms with Crippen molar-refractivity contribution in [2.45, 2.75) is 19.5 Å². The summed E-state index contributed by atoms with van der Waals surface area (Å²) >= 11 is 5.04. The Morgan fingerprint density at radius 1 is 1.38 bits per heavy atom. The Morgan fingerprint density at radius 3 is 2.57 bits per heavy atom. The molecule has 2 rings (SSSR count). The normalized spacial score (nSPS) is 18.4. The van der Waals surface area contributed by atoms with Crippen LogP contribution in [0.5, 0.6) is 5.75 Å². The van der Waals surface area contributed by atoms with Crippen molar-refractivity contribution in [3.8, 4) is 5.75 Å². The van der Waals surface area contributed by atoms with Crippen LogP contribution < -0.4 is 10.5 Å². The first kappa shape index (κ1) is 16.1. The molecule has 0 amide bonds. The highest BCUT2D eigenvalue weighted by atomic mass is 32.1. The maximum absolute atomic E-state index is 13.7. The maximum atomic E-state index is 13.7. The van der Waals surface area contributed by atoms with Gasteiger partial charge < -0.3 is 10.5 Å². The average molecular weight is 311 g/mol. The number of benzene rings is 1. The number of ether oxygens (including phenoxy) is 1. The van der Waals surface area contributed by atoms with Crippen LogP contribution in [-0.4, -0.2) is 54.1 Å². The summed E-state index contributed by atoms with van der Waals surface area (Å²) in [4.78, 5) is 5.14. The Bertz CT molecular complexity index is 504. The van der Waals surface area contributed by atoms with Gasteiger partial charge in [0, 0.05) is 32.7 Å². The van der Waals surface area contributed by atoms with Gasteiger partial charge in [0.05, 0.1) is 18.1 Å². The van der Waals surface area contributed by atoms with E-state index in [-0.39, 0.29) is 17.6 Å². The number of piperazine rings is 1. The lowest BCUT2D eigenvalue weighted by atomic mass is 10.1. The summed E-state index contributed by atoms with van der Waals surface area (Å²) < 4.78 is 18.6. The molecule has 0 aliphatic carbocycles. The second-order valence-electron chi connectivity index (χ2n) is 5.36. The van der Waals surface area contributed by atoms with Gasteiger partial charge in [0.15, 0.2) is 11.6 Å². The zero-order chi connectivity index (χ0) is 15.4. The van der Waals surface area contributed by atoms with Crippen LogP contribution >= 0.6 is 12.2 Å². The number of methoxy groups -OCH3 is 1. The molecule has 0 bridgehead atoms. The topological polar surface area (TPSA) is 41.7 Å². The smallest absolute Gasteiger partial charge is 0.165 e. The molecule has 1 aromatic rings. The highest BCUT2D eigenvalue weighted by molar-refractivity contribution is 7.80. The van der Waals surface area contributed by atoms with E-state index >= 15 is 0 Å². The van der Waals surface area contributed by atoms with Gasteiger partial charge in [0.2, 0.25) is 0 Å². The molecule has 21 heavy (non-hydrogen) atoms. The van der Waals surface area contributed by atoms with Crippen LogP contribution in [-0.2, 0) is 6.54 Å². The minimum Gasteiger partial charge on any atom is -0.494 e. The first-order valence-corrected chi connectivity index (χ1v) is 7.50. The fraction of sp³-hybridized carbons (Fsp3) is 0.533. The fourth-order valence-corrected chi connectivity index (χ4v) is 2.70.